The minimum absolute atomic E-state index is 0.864. The van der Waals surface area contributed by atoms with Gasteiger partial charge in [0.15, 0.2) is 5.58 Å². The molecule has 13 aromatic rings. The van der Waals surface area contributed by atoms with E-state index in [1.54, 1.807) is 0 Å². The average Bonchev–Trinajstić information content (AvgIpc) is 3.89. The number of para-hydroxylation sites is 2. The van der Waals surface area contributed by atoms with E-state index in [0.717, 1.165) is 55.6 Å². The normalized spacial score (nSPS) is 11.9. The highest BCUT2D eigenvalue weighted by molar-refractivity contribution is 6.20. The Balaban J connectivity index is 0.996. The molecule has 0 unspecified atom stereocenters. The predicted molar refractivity (Wildman–Crippen MR) is 258 cm³/mol. The zero-order valence-corrected chi connectivity index (χ0v) is 33.1. The molecule has 2 heterocycles. The van der Waals surface area contributed by atoms with Crippen molar-refractivity contribution in [2.75, 3.05) is 4.90 Å². The molecule has 2 aromatic heterocycles. The molecule has 0 amide bonds. The number of furan rings is 1. The summed E-state index contributed by atoms with van der Waals surface area (Å²) in [5.41, 5.74) is 10.8. The third-order valence-corrected chi connectivity index (χ3v) is 12.7. The van der Waals surface area contributed by atoms with Crippen LogP contribution in [0, 0.1) is 0 Å². The van der Waals surface area contributed by atoms with Gasteiger partial charge in [0.05, 0.1) is 16.7 Å². The maximum Gasteiger partial charge on any atom is 0.159 e. The molecule has 0 saturated heterocycles. The van der Waals surface area contributed by atoms with Crippen LogP contribution in [0.4, 0.5) is 17.1 Å². The van der Waals surface area contributed by atoms with E-state index in [2.05, 4.69) is 228 Å². The maximum absolute atomic E-state index is 6.96. The molecule has 0 bridgehead atoms. The van der Waals surface area contributed by atoms with Gasteiger partial charge in [-0.1, -0.05) is 164 Å². The van der Waals surface area contributed by atoms with Crippen LogP contribution in [0.3, 0.4) is 0 Å². The molecule has 3 heteroatoms. The van der Waals surface area contributed by atoms with Crippen molar-refractivity contribution in [3.05, 3.63) is 218 Å². The van der Waals surface area contributed by atoms with Crippen molar-refractivity contribution in [1.29, 1.82) is 0 Å². The Morgan fingerprint density at radius 1 is 0.328 bits per heavy atom. The van der Waals surface area contributed by atoms with E-state index >= 15 is 0 Å². The molecular formula is C58H36N2O. The first kappa shape index (κ1) is 33.8. The molecule has 0 saturated carbocycles. The van der Waals surface area contributed by atoms with E-state index in [9.17, 15) is 0 Å². The predicted octanol–water partition coefficient (Wildman–Crippen LogP) is 16.4. The van der Waals surface area contributed by atoms with Gasteiger partial charge in [-0.25, -0.2) is 0 Å². The summed E-state index contributed by atoms with van der Waals surface area (Å²) in [6, 6.07) is 79.2. The van der Waals surface area contributed by atoms with Gasteiger partial charge in [-0.3, -0.25) is 0 Å². The number of rotatable bonds is 5. The van der Waals surface area contributed by atoms with Crippen molar-refractivity contribution in [3.63, 3.8) is 0 Å². The van der Waals surface area contributed by atoms with Crippen LogP contribution >= 0.6 is 0 Å². The van der Waals surface area contributed by atoms with Gasteiger partial charge in [-0.2, -0.15) is 0 Å². The lowest BCUT2D eigenvalue weighted by atomic mass is 10.0. The third-order valence-electron chi connectivity index (χ3n) is 12.7. The smallest absolute Gasteiger partial charge is 0.159 e. The van der Waals surface area contributed by atoms with Crippen LogP contribution in [0.5, 0.6) is 0 Å². The number of nitrogens with zero attached hydrogens (tertiary/aromatic N) is 2. The lowest BCUT2D eigenvalue weighted by molar-refractivity contribution is 0.673. The average molecular weight is 777 g/mol. The molecule has 0 fully saturated rings. The van der Waals surface area contributed by atoms with Crippen molar-refractivity contribution in [3.8, 4) is 16.8 Å². The molecule has 284 valence electrons. The highest BCUT2D eigenvalue weighted by atomic mass is 16.3. The van der Waals surface area contributed by atoms with Crippen molar-refractivity contribution in [1.82, 2.24) is 4.57 Å². The summed E-state index contributed by atoms with van der Waals surface area (Å²) >= 11 is 0. The van der Waals surface area contributed by atoms with E-state index in [4.69, 9.17) is 4.42 Å². The molecule has 0 spiro atoms. The number of hydrogen-bond acceptors (Lipinski definition) is 2. The van der Waals surface area contributed by atoms with Gasteiger partial charge < -0.3 is 13.9 Å². The topological polar surface area (TPSA) is 21.3 Å². The quantitative estimate of drug-likeness (QED) is 0.162. The summed E-state index contributed by atoms with van der Waals surface area (Å²) < 4.78 is 9.39. The molecule has 0 aliphatic heterocycles. The van der Waals surface area contributed by atoms with Crippen molar-refractivity contribution < 1.29 is 4.42 Å². The molecule has 11 aromatic carbocycles. The van der Waals surface area contributed by atoms with Gasteiger partial charge in [0, 0.05) is 49.4 Å². The van der Waals surface area contributed by atoms with Crippen LogP contribution in [0.1, 0.15) is 0 Å². The first-order valence-electron chi connectivity index (χ1n) is 20.9. The molecule has 0 aliphatic carbocycles. The van der Waals surface area contributed by atoms with Gasteiger partial charge in [0.2, 0.25) is 0 Å². The molecule has 13 rings (SSSR count). The molecule has 0 aliphatic rings. The fourth-order valence-electron chi connectivity index (χ4n) is 9.86. The Morgan fingerprint density at radius 2 is 0.885 bits per heavy atom. The molecule has 61 heavy (non-hydrogen) atoms. The van der Waals surface area contributed by atoms with Gasteiger partial charge in [0.25, 0.3) is 0 Å². The zero-order valence-electron chi connectivity index (χ0n) is 33.1. The Morgan fingerprint density at radius 3 is 1.70 bits per heavy atom. The van der Waals surface area contributed by atoms with Gasteiger partial charge in [-0.15, -0.1) is 0 Å². The van der Waals surface area contributed by atoms with E-state index in [-0.39, 0.29) is 0 Å². The van der Waals surface area contributed by atoms with Crippen molar-refractivity contribution in [2.45, 2.75) is 0 Å². The van der Waals surface area contributed by atoms with E-state index < -0.39 is 0 Å². The van der Waals surface area contributed by atoms with Gasteiger partial charge in [0.1, 0.15) is 5.58 Å². The number of anilines is 3. The van der Waals surface area contributed by atoms with Crippen LogP contribution in [0.25, 0.3) is 104 Å². The second-order valence-corrected chi connectivity index (χ2v) is 16.1. The minimum Gasteiger partial charge on any atom is -0.453 e. The van der Waals surface area contributed by atoms with Crippen LogP contribution in [0.15, 0.2) is 223 Å². The maximum atomic E-state index is 6.96. The summed E-state index contributed by atoms with van der Waals surface area (Å²) in [5.74, 6) is 0. The summed E-state index contributed by atoms with van der Waals surface area (Å²) in [6.45, 7) is 0. The lowest BCUT2D eigenvalue weighted by Crippen LogP contribution is -2.10. The molecule has 3 nitrogen and oxygen atoms in total. The summed E-state index contributed by atoms with van der Waals surface area (Å²) in [4.78, 5) is 2.35. The second-order valence-electron chi connectivity index (χ2n) is 16.1. The number of benzene rings is 11. The lowest BCUT2D eigenvalue weighted by Gasteiger charge is -2.26. The fraction of sp³-hybridized carbons (Fsp3) is 0. The van der Waals surface area contributed by atoms with E-state index in [1.165, 1.54) is 65.1 Å². The second kappa shape index (κ2) is 13.2. The number of aromatic nitrogens is 1. The third kappa shape index (κ3) is 5.17. The largest absolute Gasteiger partial charge is 0.453 e. The molecule has 0 atom stereocenters. The van der Waals surface area contributed by atoms with Crippen LogP contribution < -0.4 is 4.90 Å². The SMILES string of the molecule is c1ccc(-n2c3cc(-c4ccc(N(c5ccc6c(ccc7ccccc76)c5)c5cccc6c5oc5c7ccccc7ccc65)cc4)ccc3c3ccc4ccccc4c32)cc1. The van der Waals surface area contributed by atoms with Gasteiger partial charge in [-0.05, 0) is 98.0 Å². The Bertz CT molecular complexity index is 3880. The zero-order chi connectivity index (χ0) is 40.0. The Hall–Kier alpha value is -8.14. The van der Waals surface area contributed by atoms with Crippen LogP contribution in [0.2, 0.25) is 0 Å². The fourth-order valence-corrected chi connectivity index (χ4v) is 9.86. The molecule has 0 radical (unpaired) electrons. The Labute approximate surface area is 351 Å². The highest BCUT2D eigenvalue weighted by Gasteiger charge is 2.22. The van der Waals surface area contributed by atoms with E-state index in [0.29, 0.717) is 0 Å². The summed E-state index contributed by atoms with van der Waals surface area (Å²) in [6.07, 6.45) is 0. The van der Waals surface area contributed by atoms with Crippen molar-refractivity contribution >= 4 is 104 Å². The standard InChI is InChI=1S/C58H36N2O/c1-2-14-43(15-3-1)60-55-36-41(27-31-50(55)51-32-25-39-12-5-8-17-48(39)56(51)60)37-23-28-44(29-24-37)59(45-30-34-47-42(35-45)22-21-38-11-4-7-16-46(38)47)54-20-10-19-52-53-33-26-40-13-6-9-18-49(40)57(53)61-58(52)54/h1-36H. The number of hydrogen-bond donors (Lipinski definition) is 0. The Kier molecular flexibility index (Phi) is 7.31. The monoisotopic (exact) mass is 776 g/mol. The minimum atomic E-state index is 0.864. The van der Waals surface area contributed by atoms with E-state index in [1.807, 2.05) is 0 Å². The van der Waals surface area contributed by atoms with Crippen LogP contribution in [-0.4, -0.2) is 4.57 Å². The molecular weight excluding hydrogens is 741 g/mol. The molecule has 0 N–H and O–H groups in total. The number of fused-ring (bicyclic) bond motifs is 13. The first-order chi connectivity index (χ1) is 30.2. The van der Waals surface area contributed by atoms with Gasteiger partial charge >= 0.3 is 0 Å². The summed E-state index contributed by atoms with van der Waals surface area (Å²) in [7, 11) is 0. The summed E-state index contributed by atoms with van der Waals surface area (Å²) in [5, 5.41) is 14.4. The first-order valence-corrected chi connectivity index (χ1v) is 20.9. The van der Waals surface area contributed by atoms with Crippen molar-refractivity contribution in [2.24, 2.45) is 0 Å². The van der Waals surface area contributed by atoms with Crippen LogP contribution in [-0.2, 0) is 0 Å². The highest BCUT2D eigenvalue weighted by Crippen LogP contribution is 2.45.